The van der Waals surface area contributed by atoms with Crippen LogP contribution in [0.5, 0.6) is 5.75 Å². The van der Waals surface area contributed by atoms with Crippen molar-refractivity contribution >= 4 is 29.0 Å². The summed E-state index contributed by atoms with van der Waals surface area (Å²) in [5.74, 6) is 0.781. The van der Waals surface area contributed by atoms with Gasteiger partial charge in [-0.2, -0.15) is 0 Å². The van der Waals surface area contributed by atoms with Gasteiger partial charge in [-0.1, -0.05) is 42.1 Å². The molecule has 1 amide bonds. The third-order valence-electron chi connectivity index (χ3n) is 6.66. The summed E-state index contributed by atoms with van der Waals surface area (Å²) in [6.07, 6.45) is 1.48. The van der Waals surface area contributed by atoms with Gasteiger partial charge in [0.15, 0.2) is 0 Å². The van der Waals surface area contributed by atoms with E-state index in [0.29, 0.717) is 13.0 Å². The number of benzene rings is 3. The van der Waals surface area contributed by atoms with Gasteiger partial charge in [-0.05, 0) is 80.8 Å². The Bertz CT molecular complexity index is 1170. The minimum Gasteiger partial charge on any atom is -0.491 e. The summed E-state index contributed by atoms with van der Waals surface area (Å²) in [7, 11) is 0. The molecule has 1 atom stereocenters. The van der Waals surface area contributed by atoms with Gasteiger partial charge < -0.3 is 9.84 Å². The lowest BCUT2D eigenvalue weighted by molar-refractivity contribution is -0.121. The highest BCUT2D eigenvalue weighted by Gasteiger charge is 2.36. The Kier molecular flexibility index (Phi) is 6.38. The predicted octanol–water partition coefficient (Wildman–Crippen LogP) is 5.34. The molecule has 0 aromatic heterocycles. The van der Waals surface area contributed by atoms with Crippen LogP contribution < -0.4 is 9.64 Å². The van der Waals surface area contributed by atoms with Crippen molar-refractivity contribution in [1.29, 1.82) is 0 Å². The molecule has 176 valence electrons. The molecule has 0 saturated carbocycles. The number of ether oxygens (including phenoxy) is 1. The summed E-state index contributed by atoms with van der Waals surface area (Å²) >= 11 is 1.69. The molecule has 0 spiro atoms. The molecule has 1 saturated heterocycles. The lowest BCUT2D eigenvalue weighted by Gasteiger charge is -2.40. The second-order valence-electron chi connectivity index (χ2n) is 9.34. The molecular weight excluding hydrogens is 444 g/mol. The van der Waals surface area contributed by atoms with E-state index in [1.807, 2.05) is 59.5 Å². The Morgan fingerprint density at radius 1 is 1.00 bits per heavy atom. The molecule has 0 radical (unpaired) electrons. The summed E-state index contributed by atoms with van der Waals surface area (Å²) in [5, 5.41) is 11.3. The van der Waals surface area contributed by atoms with Crippen LogP contribution in [-0.4, -0.2) is 47.8 Å². The van der Waals surface area contributed by atoms with Crippen molar-refractivity contribution in [3.05, 3.63) is 77.9 Å². The fourth-order valence-electron chi connectivity index (χ4n) is 4.72. The minimum atomic E-state index is -0.981. The summed E-state index contributed by atoms with van der Waals surface area (Å²) in [4.78, 5) is 19.7. The van der Waals surface area contributed by atoms with Crippen molar-refractivity contribution in [1.82, 2.24) is 4.90 Å². The minimum absolute atomic E-state index is 0.0135. The van der Waals surface area contributed by atoms with Crippen molar-refractivity contribution in [3.8, 4) is 5.75 Å². The number of hydrogen-bond acceptors (Lipinski definition) is 5. The molecule has 3 aromatic carbocycles. The molecular formula is C28H30N2O3S. The highest BCUT2D eigenvalue weighted by molar-refractivity contribution is 7.99. The van der Waals surface area contributed by atoms with Gasteiger partial charge in [-0.15, -0.1) is 0 Å². The summed E-state index contributed by atoms with van der Waals surface area (Å²) in [6.45, 7) is 5.78. The Morgan fingerprint density at radius 2 is 1.68 bits per heavy atom. The first-order valence-corrected chi connectivity index (χ1v) is 12.6. The summed E-state index contributed by atoms with van der Waals surface area (Å²) in [5.41, 5.74) is 3.24. The van der Waals surface area contributed by atoms with Crippen LogP contribution in [0.2, 0.25) is 0 Å². The molecule has 2 heterocycles. The first kappa shape index (κ1) is 23.0. The molecule has 0 bridgehead atoms. The number of piperidine rings is 1. The Morgan fingerprint density at radius 3 is 2.35 bits per heavy atom. The topological polar surface area (TPSA) is 53.0 Å². The zero-order chi connectivity index (χ0) is 23.7. The second kappa shape index (κ2) is 9.45. The second-order valence-corrected chi connectivity index (χ2v) is 10.4. The van der Waals surface area contributed by atoms with Gasteiger partial charge in [0.1, 0.15) is 18.0 Å². The fraction of sp³-hybridized carbons (Fsp3) is 0.321. The third-order valence-corrected chi connectivity index (χ3v) is 7.79. The number of aliphatic hydroxyl groups is 1. The normalized spacial score (nSPS) is 19.9. The van der Waals surface area contributed by atoms with Crippen LogP contribution in [0.25, 0.3) is 0 Å². The number of carbonyl (C=O) groups is 1. The van der Waals surface area contributed by atoms with Crippen LogP contribution in [0.3, 0.4) is 0 Å². The molecule has 34 heavy (non-hydrogen) atoms. The monoisotopic (exact) mass is 474 g/mol. The van der Waals surface area contributed by atoms with E-state index in [9.17, 15) is 9.90 Å². The number of likely N-dealkylation sites (tertiary alicyclic amines) is 1. The highest BCUT2D eigenvalue weighted by atomic mass is 32.2. The van der Waals surface area contributed by atoms with E-state index in [2.05, 4.69) is 30.9 Å². The van der Waals surface area contributed by atoms with Crippen LogP contribution >= 0.6 is 11.8 Å². The van der Waals surface area contributed by atoms with Gasteiger partial charge in [-0.3, -0.25) is 14.6 Å². The van der Waals surface area contributed by atoms with Crippen LogP contribution in [0, 0.1) is 13.8 Å². The van der Waals surface area contributed by atoms with Gasteiger partial charge in [-0.25, -0.2) is 0 Å². The molecule has 5 nitrogen and oxygen atoms in total. The lowest BCUT2D eigenvalue weighted by Crippen LogP contribution is -2.53. The van der Waals surface area contributed by atoms with Crippen molar-refractivity contribution < 1.29 is 14.6 Å². The number of para-hydroxylation sites is 2. The SMILES string of the molecule is Cc1ccc(OCC2(O)CCCN(CC(=O)N3c4ccccc4Sc4ccccc43)C2)cc1C. The molecule has 6 heteroatoms. The van der Waals surface area contributed by atoms with Gasteiger partial charge in [0, 0.05) is 16.3 Å². The third kappa shape index (κ3) is 4.71. The van der Waals surface area contributed by atoms with Gasteiger partial charge in [0.2, 0.25) is 5.91 Å². The number of rotatable bonds is 5. The molecule has 1 N–H and O–H groups in total. The van der Waals surface area contributed by atoms with E-state index < -0.39 is 5.60 Å². The van der Waals surface area contributed by atoms with Gasteiger partial charge in [0.05, 0.1) is 17.9 Å². The number of β-amino-alcohol motifs (C(OH)–C–C–N with tert-alkyl or cyclic N) is 1. The first-order chi connectivity index (χ1) is 16.4. The zero-order valence-corrected chi connectivity index (χ0v) is 20.5. The van der Waals surface area contributed by atoms with Crippen molar-refractivity contribution in [2.45, 2.75) is 42.1 Å². The van der Waals surface area contributed by atoms with Crippen LogP contribution in [0.4, 0.5) is 11.4 Å². The number of aryl methyl sites for hydroxylation is 2. The van der Waals surface area contributed by atoms with E-state index in [-0.39, 0.29) is 19.1 Å². The van der Waals surface area contributed by atoms with Crippen molar-refractivity contribution in [2.75, 3.05) is 31.1 Å². The van der Waals surface area contributed by atoms with Crippen LogP contribution in [0.1, 0.15) is 24.0 Å². The molecule has 1 unspecified atom stereocenters. The maximum absolute atomic E-state index is 13.6. The summed E-state index contributed by atoms with van der Waals surface area (Å²) in [6, 6.07) is 22.0. The number of fused-ring (bicyclic) bond motifs is 2. The number of amides is 1. The lowest BCUT2D eigenvalue weighted by atomic mass is 9.93. The average Bonchev–Trinajstić information content (AvgIpc) is 2.83. The maximum Gasteiger partial charge on any atom is 0.245 e. The van der Waals surface area contributed by atoms with Crippen molar-refractivity contribution in [3.63, 3.8) is 0 Å². The van der Waals surface area contributed by atoms with E-state index in [1.165, 1.54) is 11.1 Å². The summed E-state index contributed by atoms with van der Waals surface area (Å²) < 4.78 is 5.97. The highest BCUT2D eigenvalue weighted by Crippen LogP contribution is 2.47. The van der Waals surface area contributed by atoms with E-state index >= 15 is 0 Å². The largest absolute Gasteiger partial charge is 0.491 e. The van der Waals surface area contributed by atoms with Gasteiger partial charge >= 0.3 is 0 Å². The Balaban J connectivity index is 1.29. The Hall–Kier alpha value is -2.80. The number of nitrogens with zero attached hydrogens (tertiary/aromatic N) is 2. The standard InChI is InChI=1S/C28H30N2O3S/c1-20-12-13-22(16-21(20)2)33-19-28(32)14-7-15-29(18-28)17-27(31)30-23-8-3-5-10-25(23)34-26-11-6-4-9-24(26)30/h3-6,8-13,16,32H,7,14-15,17-19H2,1-2H3. The molecule has 0 aliphatic carbocycles. The maximum atomic E-state index is 13.6. The van der Waals surface area contributed by atoms with Crippen LogP contribution in [0.15, 0.2) is 76.5 Å². The number of anilines is 2. The molecule has 5 rings (SSSR count). The molecule has 2 aliphatic heterocycles. The van der Waals surface area contributed by atoms with E-state index in [0.717, 1.165) is 39.9 Å². The molecule has 1 fully saturated rings. The average molecular weight is 475 g/mol. The smallest absolute Gasteiger partial charge is 0.245 e. The van der Waals surface area contributed by atoms with Gasteiger partial charge in [0.25, 0.3) is 0 Å². The zero-order valence-electron chi connectivity index (χ0n) is 19.7. The quantitative estimate of drug-likeness (QED) is 0.541. The van der Waals surface area contributed by atoms with Crippen LogP contribution in [-0.2, 0) is 4.79 Å². The Labute approximate surface area is 205 Å². The van der Waals surface area contributed by atoms with Crippen molar-refractivity contribution in [2.24, 2.45) is 0 Å². The molecule has 2 aliphatic rings. The number of carbonyl (C=O) groups excluding carboxylic acids is 1. The molecule has 3 aromatic rings. The predicted molar refractivity (Wildman–Crippen MR) is 136 cm³/mol. The first-order valence-electron chi connectivity index (χ1n) is 11.8. The number of hydrogen-bond donors (Lipinski definition) is 1. The fourth-order valence-corrected chi connectivity index (χ4v) is 5.77. The van der Waals surface area contributed by atoms with E-state index in [1.54, 1.807) is 11.8 Å². The van der Waals surface area contributed by atoms with E-state index in [4.69, 9.17) is 4.74 Å².